The number of hydrogen-bond donors (Lipinski definition) is 4. The van der Waals surface area contributed by atoms with Gasteiger partial charge in [0.15, 0.2) is 6.29 Å². The van der Waals surface area contributed by atoms with Crippen molar-refractivity contribution >= 4 is 0 Å². The van der Waals surface area contributed by atoms with Gasteiger partial charge in [-0.3, -0.25) is 0 Å². The first-order valence-corrected chi connectivity index (χ1v) is 15.5. The summed E-state index contributed by atoms with van der Waals surface area (Å²) in [6, 6.07) is 0. The molecule has 220 valence electrons. The van der Waals surface area contributed by atoms with Gasteiger partial charge < -0.3 is 35.0 Å². The van der Waals surface area contributed by atoms with Crippen LogP contribution in [0.2, 0.25) is 0 Å². The largest absolute Gasteiger partial charge is 0.388 e. The van der Waals surface area contributed by atoms with E-state index < -0.39 is 24.6 Å². The zero-order valence-corrected chi connectivity index (χ0v) is 24.6. The van der Waals surface area contributed by atoms with Gasteiger partial charge in [-0.1, -0.05) is 51.0 Å². The Morgan fingerprint density at radius 2 is 1.85 bits per heavy atom. The predicted octanol–water partition coefficient (Wildman–Crippen LogP) is 3.70. The first kappa shape index (κ1) is 29.4. The fraction of sp³-hybridized carbons (Fsp3) is 0.812. The second kappa shape index (κ2) is 12.0. The van der Waals surface area contributed by atoms with E-state index in [9.17, 15) is 15.3 Å². The van der Waals surface area contributed by atoms with Gasteiger partial charge in [-0.05, 0) is 100 Å². The molecule has 0 spiro atoms. The standard InChI is InChI=1S/C32H52N2O5/c1-21(2)23-10-11-31(3)12-13-32(4)24(27(23)31)9-8-22(19-33-14-7-17-34-15-5-6-16-34)18-26(32)39-30-29(37)28(36)25(35)20-38-30/h8-9,21,25-26,28-30,33,35-37H,5-7,10-20H2,1-4H3/t25-,26?,28?,29-,30?,31?,32-/m1/s1. The molecule has 5 aliphatic rings. The molecule has 0 radical (unpaired) electrons. The average molecular weight is 545 g/mol. The summed E-state index contributed by atoms with van der Waals surface area (Å²) in [5.41, 5.74) is 5.76. The lowest BCUT2D eigenvalue weighted by molar-refractivity contribution is -0.291. The summed E-state index contributed by atoms with van der Waals surface area (Å²) < 4.78 is 12.4. The molecule has 7 heteroatoms. The van der Waals surface area contributed by atoms with Crippen LogP contribution in [0.3, 0.4) is 0 Å². The van der Waals surface area contributed by atoms with Crippen molar-refractivity contribution in [2.45, 2.75) is 110 Å². The first-order chi connectivity index (χ1) is 18.6. The van der Waals surface area contributed by atoms with E-state index in [0.717, 1.165) is 51.7 Å². The van der Waals surface area contributed by atoms with Crippen LogP contribution in [0, 0.1) is 16.7 Å². The minimum absolute atomic E-state index is 0.0446. The molecule has 7 atom stereocenters. The molecule has 1 saturated carbocycles. The van der Waals surface area contributed by atoms with E-state index in [-0.39, 0.29) is 23.5 Å². The van der Waals surface area contributed by atoms with Crippen molar-refractivity contribution in [3.05, 3.63) is 34.4 Å². The minimum atomic E-state index is -1.28. The van der Waals surface area contributed by atoms with Crippen LogP contribution in [-0.2, 0) is 9.47 Å². The van der Waals surface area contributed by atoms with E-state index in [0.29, 0.717) is 5.92 Å². The van der Waals surface area contributed by atoms with Gasteiger partial charge in [0.25, 0.3) is 0 Å². The van der Waals surface area contributed by atoms with Crippen molar-refractivity contribution in [1.82, 2.24) is 10.2 Å². The molecule has 0 bridgehead atoms. The number of aliphatic hydroxyl groups is 3. The maximum atomic E-state index is 10.7. The van der Waals surface area contributed by atoms with E-state index >= 15 is 0 Å². The van der Waals surface area contributed by atoms with E-state index in [2.05, 4.69) is 50.1 Å². The van der Waals surface area contributed by atoms with Gasteiger partial charge in [-0.25, -0.2) is 0 Å². The molecule has 3 fully saturated rings. The molecule has 0 aromatic rings. The number of allylic oxidation sites excluding steroid dienone is 4. The molecule has 0 amide bonds. The van der Waals surface area contributed by atoms with E-state index in [4.69, 9.17) is 9.47 Å². The molecule has 4 unspecified atom stereocenters. The topological polar surface area (TPSA) is 94.4 Å². The third kappa shape index (κ3) is 5.97. The van der Waals surface area contributed by atoms with Gasteiger partial charge in [-0.2, -0.15) is 0 Å². The van der Waals surface area contributed by atoms with Crippen LogP contribution in [0.25, 0.3) is 0 Å². The van der Waals surface area contributed by atoms with Crippen LogP contribution in [-0.4, -0.2) is 90.3 Å². The summed E-state index contributed by atoms with van der Waals surface area (Å²) in [6.07, 6.45) is 8.90. The molecular formula is C32H52N2O5. The Kier molecular flexibility index (Phi) is 9.09. The normalized spacial score (nSPS) is 39.4. The molecule has 5 rings (SSSR count). The molecule has 4 N–H and O–H groups in total. The summed E-state index contributed by atoms with van der Waals surface area (Å²) >= 11 is 0. The number of ether oxygens (including phenoxy) is 2. The molecule has 0 aromatic carbocycles. The predicted molar refractivity (Wildman–Crippen MR) is 153 cm³/mol. The lowest BCUT2D eigenvalue weighted by Crippen LogP contribution is -2.56. The quantitative estimate of drug-likeness (QED) is 0.329. The number of aliphatic hydroxyl groups excluding tert-OH is 3. The Morgan fingerprint density at radius 1 is 1.08 bits per heavy atom. The monoisotopic (exact) mass is 544 g/mol. The van der Waals surface area contributed by atoms with Gasteiger partial charge in [0.05, 0.1) is 12.7 Å². The smallest absolute Gasteiger partial charge is 0.186 e. The maximum absolute atomic E-state index is 10.7. The summed E-state index contributed by atoms with van der Waals surface area (Å²) in [7, 11) is 0. The van der Waals surface area contributed by atoms with Crippen LogP contribution in [0.1, 0.15) is 79.1 Å². The number of nitrogens with one attached hydrogen (secondary N) is 1. The molecule has 7 nitrogen and oxygen atoms in total. The summed E-state index contributed by atoms with van der Waals surface area (Å²) in [4.78, 5) is 2.56. The number of likely N-dealkylation sites (tertiary alicyclic amines) is 1. The zero-order chi connectivity index (χ0) is 27.8. The van der Waals surface area contributed by atoms with Gasteiger partial charge >= 0.3 is 0 Å². The third-order valence-corrected chi connectivity index (χ3v) is 10.4. The Hall–Kier alpha value is -1.06. The second-order valence-corrected chi connectivity index (χ2v) is 13.6. The van der Waals surface area contributed by atoms with Crippen molar-refractivity contribution in [3.63, 3.8) is 0 Å². The minimum Gasteiger partial charge on any atom is -0.388 e. The molecular weight excluding hydrogens is 492 g/mol. The summed E-state index contributed by atoms with van der Waals surface area (Å²) in [6.45, 7) is 14.8. The molecule has 2 saturated heterocycles. The third-order valence-electron chi connectivity index (χ3n) is 10.4. The van der Waals surface area contributed by atoms with Crippen molar-refractivity contribution in [2.24, 2.45) is 16.7 Å². The van der Waals surface area contributed by atoms with Gasteiger partial charge in [-0.15, -0.1) is 0 Å². The Balaban J connectivity index is 1.38. The van der Waals surface area contributed by atoms with Crippen LogP contribution in [0.4, 0.5) is 0 Å². The Morgan fingerprint density at radius 3 is 2.59 bits per heavy atom. The highest BCUT2D eigenvalue weighted by Gasteiger charge is 2.53. The highest BCUT2D eigenvalue weighted by atomic mass is 16.7. The van der Waals surface area contributed by atoms with Crippen molar-refractivity contribution in [3.8, 4) is 0 Å². The number of rotatable bonds is 9. The Bertz CT molecular complexity index is 970. The van der Waals surface area contributed by atoms with Crippen LogP contribution < -0.4 is 5.32 Å². The van der Waals surface area contributed by atoms with Crippen LogP contribution in [0.5, 0.6) is 0 Å². The van der Waals surface area contributed by atoms with E-state index in [1.165, 1.54) is 49.1 Å². The zero-order valence-electron chi connectivity index (χ0n) is 24.6. The Labute approximate surface area is 235 Å². The first-order valence-electron chi connectivity index (χ1n) is 15.5. The molecule has 0 aromatic heterocycles. The number of hydrogen-bond acceptors (Lipinski definition) is 7. The fourth-order valence-electron chi connectivity index (χ4n) is 7.74. The number of nitrogens with zero attached hydrogens (tertiary/aromatic N) is 1. The van der Waals surface area contributed by atoms with Gasteiger partial charge in [0.1, 0.15) is 18.3 Å². The molecule has 2 aliphatic heterocycles. The van der Waals surface area contributed by atoms with Crippen molar-refractivity contribution in [1.29, 1.82) is 0 Å². The second-order valence-electron chi connectivity index (χ2n) is 13.6. The highest BCUT2D eigenvalue weighted by molar-refractivity contribution is 5.52. The number of fused-ring (bicyclic) bond motifs is 3. The highest BCUT2D eigenvalue weighted by Crippen LogP contribution is 2.62. The maximum Gasteiger partial charge on any atom is 0.186 e. The van der Waals surface area contributed by atoms with Crippen LogP contribution in [0.15, 0.2) is 34.4 Å². The van der Waals surface area contributed by atoms with Gasteiger partial charge in [0.2, 0.25) is 0 Å². The van der Waals surface area contributed by atoms with E-state index in [1.807, 2.05) is 0 Å². The van der Waals surface area contributed by atoms with Crippen LogP contribution >= 0.6 is 0 Å². The molecule has 2 heterocycles. The molecule has 3 aliphatic carbocycles. The average Bonchev–Trinajstić information content (AvgIpc) is 3.52. The van der Waals surface area contributed by atoms with Crippen molar-refractivity contribution in [2.75, 3.05) is 39.3 Å². The SMILES string of the molecule is CC(C)C1=C2C3=CC=C(CNCCCN4CCCC4)CC(OC4OC[C@@H](O)C(O)[C@H]4O)[C@]3(C)CCC2(C)CC1. The fourth-order valence-corrected chi connectivity index (χ4v) is 7.74. The summed E-state index contributed by atoms with van der Waals surface area (Å²) in [5.74, 6) is 0.508. The lowest BCUT2D eigenvalue weighted by atomic mass is 9.57. The summed E-state index contributed by atoms with van der Waals surface area (Å²) in [5, 5.41) is 34.8. The molecule has 39 heavy (non-hydrogen) atoms. The van der Waals surface area contributed by atoms with Crippen molar-refractivity contribution < 1.29 is 24.8 Å². The van der Waals surface area contributed by atoms with Gasteiger partial charge in [0, 0.05) is 12.0 Å². The lowest BCUT2D eigenvalue weighted by Gasteiger charge is -2.50. The van der Waals surface area contributed by atoms with E-state index in [1.54, 1.807) is 5.57 Å².